The van der Waals surface area contributed by atoms with Gasteiger partial charge in [0.2, 0.25) is 0 Å². The van der Waals surface area contributed by atoms with Crippen molar-refractivity contribution in [3.05, 3.63) is 38.6 Å². The highest BCUT2D eigenvalue weighted by Crippen LogP contribution is 2.39. The Labute approximate surface area is 210 Å². The number of halogens is 6. The number of rotatable bonds is 6. The van der Waals surface area contributed by atoms with E-state index in [9.17, 15) is 18.0 Å². The molecule has 0 saturated carbocycles. The van der Waals surface area contributed by atoms with Gasteiger partial charge in [-0.2, -0.15) is 18.3 Å². The first kappa shape index (κ1) is 26.6. The first-order valence-corrected chi connectivity index (χ1v) is 11.7. The van der Waals surface area contributed by atoms with E-state index in [4.69, 9.17) is 39.5 Å². The number of alkyl halides is 3. The summed E-state index contributed by atoms with van der Waals surface area (Å²) in [4.78, 5) is 14.2. The van der Waals surface area contributed by atoms with Crippen molar-refractivity contribution >= 4 is 46.5 Å². The fourth-order valence-electron chi connectivity index (χ4n) is 4.08. The second kappa shape index (κ2) is 10.7. The van der Waals surface area contributed by atoms with Crippen LogP contribution in [0.4, 0.5) is 23.7 Å². The van der Waals surface area contributed by atoms with Crippen molar-refractivity contribution in [2.75, 3.05) is 32.1 Å². The number of ether oxygens (including phenoxy) is 1. The van der Waals surface area contributed by atoms with Gasteiger partial charge in [-0.05, 0) is 31.7 Å². The molecule has 1 aliphatic rings. The molecule has 2 amide bonds. The minimum atomic E-state index is -4.67. The third-order valence-electron chi connectivity index (χ3n) is 5.99. The molecule has 1 saturated heterocycles. The van der Waals surface area contributed by atoms with Gasteiger partial charge < -0.3 is 20.3 Å². The van der Waals surface area contributed by atoms with Gasteiger partial charge in [0, 0.05) is 26.2 Å². The highest BCUT2D eigenvalue weighted by atomic mass is 35.5. The molecule has 0 aliphatic carbocycles. The van der Waals surface area contributed by atoms with Crippen LogP contribution in [0.3, 0.4) is 0 Å². The first-order chi connectivity index (χ1) is 16.0. The third kappa shape index (κ3) is 5.78. The smallest absolute Gasteiger partial charge is 0.436 e. The highest BCUT2D eigenvalue weighted by molar-refractivity contribution is 6.37. The van der Waals surface area contributed by atoms with Gasteiger partial charge in [-0.1, -0.05) is 34.8 Å². The van der Waals surface area contributed by atoms with E-state index in [2.05, 4.69) is 20.6 Å². The number of piperidine rings is 1. The van der Waals surface area contributed by atoms with Gasteiger partial charge in [-0.3, -0.25) is 4.68 Å². The van der Waals surface area contributed by atoms with Crippen LogP contribution in [0, 0.1) is 12.8 Å². The van der Waals surface area contributed by atoms with E-state index >= 15 is 0 Å². The van der Waals surface area contributed by atoms with Gasteiger partial charge in [0.25, 0.3) is 0 Å². The van der Waals surface area contributed by atoms with E-state index < -0.39 is 29.0 Å². The molecule has 0 spiro atoms. The lowest BCUT2D eigenvalue weighted by Crippen LogP contribution is -2.50. The molecule has 0 radical (unpaired) electrons. The summed E-state index contributed by atoms with van der Waals surface area (Å²) >= 11 is 18.4. The Bertz CT molecular complexity index is 1040. The monoisotopic (exact) mass is 541 g/mol. The fourth-order valence-corrected chi connectivity index (χ4v) is 4.90. The van der Waals surface area contributed by atoms with Crippen LogP contribution in [-0.2, 0) is 12.7 Å². The van der Waals surface area contributed by atoms with Crippen LogP contribution >= 0.6 is 34.8 Å². The number of anilines is 1. The van der Waals surface area contributed by atoms with Crippen molar-refractivity contribution in [3.8, 4) is 5.75 Å². The van der Waals surface area contributed by atoms with Crippen LogP contribution in [0.15, 0.2) is 12.1 Å². The minimum absolute atomic E-state index is 0.0155. The summed E-state index contributed by atoms with van der Waals surface area (Å²) in [5, 5.41) is 9.50. The van der Waals surface area contributed by atoms with E-state index in [-0.39, 0.29) is 18.2 Å². The Morgan fingerprint density at radius 1 is 1.24 bits per heavy atom. The molecular weight excluding hydrogens is 518 g/mol. The summed E-state index contributed by atoms with van der Waals surface area (Å²) in [5.41, 5.74) is -0.164. The second-order valence-electron chi connectivity index (χ2n) is 8.02. The van der Waals surface area contributed by atoms with Gasteiger partial charge in [0.1, 0.15) is 5.75 Å². The molecule has 2 N–H and O–H groups in total. The van der Waals surface area contributed by atoms with Gasteiger partial charge in [-0.25, -0.2) is 4.79 Å². The molecule has 1 aliphatic heterocycles. The van der Waals surface area contributed by atoms with Crippen molar-refractivity contribution in [3.63, 3.8) is 0 Å². The van der Waals surface area contributed by atoms with Crippen LogP contribution in [0.5, 0.6) is 5.75 Å². The Balaban J connectivity index is 1.78. The van der Waals surface area contributed by atoms with Crippen molar-refractivity contribution in [1.82, 2.24) is 20.4 Å². The van der Waals surface area contributed by atoms with Crippen LogP contribution in [0.25, 0.3) is 0 Å². The molecule has 3 rings (SSSR count). The van der Waals surface area contributed by atoms with Gasteiger partial charge in [0.05, 0.1) is 46.1 Å². The van der Waals surface area contributed by atoms with Gasteiger partial charge in [-0.15, -0.1) is 0 Å². The number of carbonyl (C=O) groups excluding carboxylic acids is 1. The van der Waals surface area contributed by atoms with Crippen LogP contribution < -0.4 is 20.3 Å². The second-order valence-corrected chi connectivity index (χ2v) is 9.21. The predicted octanol–water partition coefficient (Wildman–Crippen LogP) is 5.39. The molecule has 1 unspecified atom stereocenters. The van der Waals surface area contributed by atoms with Crippen molar-refractivity contribution < 1.29 is 22.7 Å². The number of amides is 2. The Morgan fingerprint density at radius 2 is 1.88 bits per heavy atom. The van der Waals surface area contributed by atoms with Crippen molar-refractivity contribution in [1.29, 1.82) is 0 Å². The molecule has 0 bridgehead atoms. The number of carbonyl (C=O) groups is 1. The maximum Gasteiger partial charge on any atom is 0.436 e. The average Bonchev–Trinajstić information content (AvgIpc) is 3.07. The molecule has 2 aromatic rings. The Hall–Kier alpha value is -2.04. The Kier molecular flexibility index (Phi) is 8.36. The zero-order valence-corrected chi connectivity index (χ0v) is 21.0. The summed E-state index contributed by atoms with van der Waals surface area (Å²) in [5.74, 6) is 0.493. The summed E-state index contributed by atoms with van der Waals surface area (Å²) < 4.78 is 46.2. The van der Waals surface area contributed by atoms with Gasteiger partial charge in [0.15, 0.2) is 5.69 Å². The van der Waals surface area contributed by atoms with E-state index in [1.165, 1.54) is 25.8 Å². The molecule has 1 aromatic heterocycles. The molecule has 7 nitrogen and oxygen atoms in total. The highest BCUT2D eigenvalue weighted by Gasteiger charge is 2.39. The Morgan fingerprint density at radius 3 is 2.41 bits per heavy atom. The molecule has 2 heterocycles. The summed E-state index contributed by atoms with van der Waals surface area (Å²) in [6, 6.07) is 2.51. The molecule has 1 fully saturated rings. The quantitative estimate of drug-likeness (QED) is 0.513. The number of hydrogen-bond acceptors (Lipinski definition) is 4. The zero-order valence-electron chi connectivity index (χ0n) is 18.8. The number of aromatic nitrogens is 2. The first-order valence-electron chi connectivity index (χ1n) is 10.5. The SMILES string of the molecule is CNC(=O)NC(Cn1nc(C(F)(F)F)c(Cl)c1C)C1CCN(c2cc(OC)c(Cl)cc2Cl)CC1. The minimum Gasteiger partial charge on any atom is -0.495 e. The fraction of sp³-hybridized carbons (Fsp3) is 0.524. The standard InChI is InChI=1S/C21H25Cl3F3N5O2/c1-11-18(24)19(21(25,26)27)30-32(11)10-15(29-20(33)28-2)12-4-6-31(7-5-12)16-9-17(34-3)14(23)8-13(16)22/h8-9,12,15H,4-7,10H2,1-3H3,(H2,28,29,33). The molecule has 188 valence electrons. The topological polar surface area (TPSA) is 71.4 Å². The molecule has 34 heavy (non-hydrogen) atoms. The zero-order chi connectivity index (χ0) is 25.2. The van der Waals surface area contributed by atoms with E-state index in [1.54, 1.807) is 12.1 Å². The number of benzene rings is 1. The number of hydrogen-bond donors (Lipinski definition) is 2. The van der Waals surface area contributed by atoms with Crippen LogP contribution in [0.2, 0.25) is 15.1 Å². The number of nitrogens with zero attached hydrogens (tertiary/aromatic N) is 3. The van der Waals surface area contributed by atoms with Crippen LogP contribution in [0.1, 0.15) is 24.2 Å². The van der Waals surface area contributed by atoms with Crippen molar-refractivity contribution in [2.45, 2.75) is 38.5 Å². The number of urea groups is 1. The summed E-state index contributed by atoms with van der Waals surface area (Å²) in [6.45, 7) is 2.76. The lowest BCUT2D eigenvalue weighted by molar-refractivity contribution is -0.141. The lowest BCUT2D eigenvalue weighted by Gasteiger charge is -2.38. The maximum atomic E-state index is 13.2. The van der Waals surface area contributed by atoms with Gasteiger partial charge >= 0.3 is 12.2 Å². The van der Waals surface area contributed by atoms with E-state index in [0.717, 1.165) is 5.69 Å². The number of nitrogens with one attached hydrogen (secondary N) is 2. The summed E-state index contributed by atoms with van der Waals surface area (Å²) in [6.07, 6.45) is -3.34. The largest absolute Gasteiger partial charge is 0.495 e. The van der Waals surface area contributed by atoms with Crippen LogP contribution in [-0.4, -0.2) is 49.1 Å². The normalized spacial score (nSPS) is 15.9. The van der Waals surface area contributed by atoms with E-state index in [1.807, 2.05) is 0 Å². The predicted molar refractivity (Wildman–Crippen MR) is 126 cm³/mol. The lowest BCUT2D eigenvalue weighted by atomic mass is 9.89. The molecule has 13 heteroatoms. The number of methoxy groups -OCH3 is 1. The molecule has 1 atom stereocenters. The summed E-state index contributed by atoms with van der Waals surface area (Å²) in [7, 11) is 3.00. The van der Waals surface area contributed by atoms with Crippen molar-refractivity contribution in [2.24, 2.45) is 5.92 Å². The third-order valence-corrected chi connectivity index (χ3v) is 7.04. The average molecular weight is 543 g/mol. The molecular formula is C21H25Cl3F3N5O2. The van der Waals surface area contributed by atoms with E-state index in [0.29, 0.717) is 41.7 Å². The maximum absolute atomic E-state index is 13.2. The molecule has 1 aromatic carbocycles.